The number of nitrogens with zero attached hydrogens (tertiary/aromatic N) is 2. The van der Waals surface area contributed by atoms with Gasteiger partial charge in [-0.3, -0.25) is 4.79 Å². The van der Waals surface area contributed by atoms with Gasteiger partial charge in [-0.25, -0.2) is 4.79 Å². The van der Waals surface area contributed by atoms with Crippen molar-refractivity contribution in [2.24, 2.45) is 5.92 Å². The van der Waals surface area contributed by atoms with Crippen LogP contribution in [0.15, 0.2) is 23.0 Å². The van der Waals surface area contributed by atoms with Gasteiger partial charge in [0.05, 0.1) is 0 Å². The number of rotatable bonds is 11. The summed E-state index contributed by atoms with van der Waals surface area (Å²) in [6, 6.07) is 5.61. The van der Waals surface area contributed by atoms with E-state index in [1.54, 1.807) is 6.07 Å². The second kappa shape index (κ2) is 11.4. The van der Waals surface area contributed by atoms with Gasteiger partial charge in [-0.2, -0.15) is 0 Å². The molecule has 29 heavy (non-hydrogen) atoms. The summed E-state index contributed by atoms with van der Waals surface area (Å²) in [5.74, 6) is 0.684. The third-order valence-electron chi connectivity index (χ3n) is 6.57. The molecule has 2 bridgehead atoms. The molecule has 0 radical (unpaired) electrons. The molecule has 1 aromatic rings. The molecule has 5 heteroatoms. The maximum absolute atomic E-state index is 12.6. The van der Waals surface area contributed by atoms with Crippen LogP contribution in [0.3, 0.4) is 0 Å². The molecule has 1 fully saturated rings. The maximum Gasteiger partial charge on any atom is 0.317 e. The van der Waals surface area contributed by atoms with Gasteiger partial charge >= 0.3 is 6.03 Å². The Balaban J connectivity index is 1.30. The van der Waals surface area contributed by atoms with Crippen LogP contribution in [0, 0.1) is 5.92 Å². The zero-order valence-electron chi connectivity index (χ0n) is 18.2. The molecule has 3 rings (SSSR count). The Labute approximate surface area is 175 Å². The molecule has 2 amide bonds. The van der Waals surface area contributed by atoms with E-state index in [0.29, 0.717) is 11.8 Å². The standard InChI is InChI=1S/C24H39N3O2/c1-2-3-4-5-6-7-8-9-10-11-15-25-24(29)26-17-20-16-21(19-26)22-13-12-14-23(28)27(22)18-20/h12-14,20-21H,2-11,15-19H2,1H3,(H,25,29). The molecule has 1 saturated heterocycles. The van der Waals surface area contributed by atoms with Crippen LogP contribution in [0.25, 0.3) is 0 Å². The Bertz CT molecular complexity index is 700. The summed E-state index contributed by atoms with van der Waals surface area (Å²) < 4.78 is 1.91. The summed E-state index contributed by atoms with van der Waals surface area (Å²) in [6.45, 7) is 5.27. The monoisotopic (exact) mass is 401 g/mol. The van der Waals surface area contributed by atoms with Gasteiger partial charge in [0.15, 0.2) is 0 Å². The van der Waals surface area contributed by atoms with Crippen LogP contribution in [0.4, 0.5) is 4.79 Å². The zero-order chi connectivity index (χ0) is 20.5. The summed E-state index contributed by atoms with van der Waals surface area (Å²) in [5.41, 5.74) is 1.19. The van der Waals surface area contributed by atoms with Crippen molar-refractivity contribution in [2.45, 2.75) is 90.0 Å². The van der Waals surface area contributed by atoms with Gasteiger partial charge in [0.1, 0.15) is 0 Å². The Kier molecular flexibility index (Phi) is 8.63. The van der Waals surface area contributed by atoms with Crippen LogP contribution in [-0.2, 0) is 6.54 Å². The van der Waals surface area contributed by atoms with Gasteiger partial charge in [0, 0.05) is 43.9 Å². The largest absolute Gasteiger partial charge is 0.338 e. The number of hydrogen-bond donors (Lipinski definition) is 1. The molecule has 0 saturated carbocycles. The number of likely N-dealkylation sites (tertiary alicyclic amines) is 1. The van der Waals surface area contributed by atoms with Crippen molar-refractivity contribution in [3.8, 4) is 0 Å². The smallest absolute Gasteiger partial charge is 0.317 e. The minimum Gasteiger partial charge on any atom is -0.338 e. The number of amides is 2. The van der Waals surface area contributed by atoms with Gasteiger partial charge in [-0.1, -0.05) is 70.8 Å². The van der Waals surface area contributed by atoms with Gasteiger partial charge in [0.25, 0.3) is 5.56 Å². The number of urea groups is 1. The molecule has 0 aromatic carbocycles. The lowest BCUT2D eigenvalue weighted by Crippen LogP contribution is -2.52. The SMILES string of the molecule is CCCCCCCCCCCCNC(=O)N1CC2CC(C1)c1cccc(=O)n1C2. The summed E-state index contributed by atoms with van der Waals surface area (Å²) in [5, 5.41) is 3.12. The van der Waals surface area contributed by atoms with Crippen molar-refractivity contribution in [3.05, 3.63) is 34.2 Å². The van der Waals surface area contributed by atoms with Crippen molar-refractivity contribution in [1.29, 1.82) is 0 Å². The Hall–Kier alpha value is -1.78. The van der Waals surface area contributed by atoms with Crippen molar-refractivity contribution in [1.82, 2.24) is 14.8 Å². The van der Waals surface area contributed by atoms with E-state index in [1.807, 2.05) is 21.6 Å². The normalized spacial score (nSPS) is 20.4. The summed E-state index contributed by atoms with van der Waals surface area (Å²) in [4.78, 5) is 26.7. The number of carbonyl (C=O) groups is 1. The maximum atomic E-state index is 12.6. The lowest BCUT2D eigenvalue weighted by molar-refractivity contribution is 0.131. The van der Waals surface area contributed by atoms with E-state index in [0.717, 1.165) is 44.7 Å². The first-order chi connectivity index (χ1) is 14.2. The number of unbranched alkanes of at least 4 members (excludes halogenated alkanes) is 9. The van der Waals surface area contributed by atoms with Gasteiger partial charge < -0.3 is 14.8 Å². The molecular formula is C24H39N3O2. The van der Waals surface area contributed by atoms with Crippen LogP contribution >= 0.6 is 0 Å². The average Bonchev–Trinajstić information content (AvgIpc) is 2.72. The first-order valence-corrected chi connectivity index (χ1v) is 11.9. The molecule has 2 unspecified atom stereocenters. The molecular weight excluding hydrogens is 362 g/mol. The molecule has 2 aliphatic heterocycles. The fourth-order valence-electron chi connectivity index (χ4n) is 4.98. The van der Waals surface area contributed by atoms with Crippen molar-refractivity contribution >= 4 is 6.03 Å². The number of piperidine rings is 1. The van der Waals surface area contributed by atoms with Crippen LogP contribution in [-0.4, -0.2) is 35.1 Å². The van der Waals surface area contributed by atoms with Crippen molar-refractivity contribution in [3.63, 3.8) is 0 Å². The van der Waals surface area contributed by atoms with Gasteiger partial charge in [-0.15, -0.1) is 0 Å². The van der Waals surface area contributed by atoms with Crippen LogP contribution in [0.2, 0.25) is 0 Å². The highest BCUT2D eigenvalue weighted by Gasteiger charge is 2.36. The molecule has 0 aliphatic carbocycles. The predicted molar refractivity (Wildman–Crippen MR) is 118 cm³/mol. The first kappa shape index (κ1) is 21.9. The van der Waals surface area contributed by atoms with E-state index in [9.17, 15) is 9.59 Å². The second-order valence-corrected chi connectivity index (χ2v) is 9.02. The van der Waals surface area contributed by atoms with Crippen LogP contribution < -0.4 is 10.9 Å². The Morgan fingerprint density at radius 1 is 0.966 bits per heavy atom. The Morgan fingerprint density at radius 3 is 2.38 bits per heavy atom. The molecule has 0 spiro atoms. The summed E-state index contributed by atoms with van der Waals surface area (Å²) in [6.07, 6.45) is 14.2. The van der Waals surface area contributed by atoms with E-state index in [2.05, 4.69) is 12.2 Å². The highest BCUT2D eigenvalue weighted by Crippen LogP contribution is 2.34. The topological polar surface area (TPSA) is 54.3 Å². The number of nitrogens with one attached hydrogen (secondary N) is 1. The molecule has 3 heterocycles. The third kappa shape index (κ3) is 6.35. The molecule has 1 N–H and O–H groups in total. The second-order valence-electron chi connectivity index (χ2n) is 9.02. The zero-order valence-corrected chi connectivity index (χ0v) is 18.2. The number of pyridine rings is 1. The van der Waals surface area contributed by atoms with Crippen molar-refractivity contribution < 1.29 is 4.79 Å². The fourth-order valence-corrected chi connectivity index (χ4v) is 4.98. The van der Waals surface area contributed by atoms with Crippen LogP contribution in [0.1, 0.15) is 89.2 Å². The first-order valence-electron chi connectivity index (χ1n) is 11.9. The number of carbonyl (C=O) groups excluding carboxylic acids is 1. The van der Waals surface area contributed by atoms with E-state index in [4.69, 9.17) is 0 Å². The average molecular weight is 402 g/mol. The van der Waals surface area contributed by atoms with Crippen molar-refractivity contribution in [2.75, 3.05) is 19.6 Å². The minimum atomic E-state index is 0.0716. The summed E-state index contributed by atoms with van der Waals surface area (Å²) >= 11 is 0. The van der Waals surface area contributed by atoms with Crippen LogP contribution in [0.5, 0.6) is 0 Å². The highest BCUT2D eigenvalue weighted by atomic mass is 16.2. The van der Waals surface area contributed by atoms with Gasteiger partial charge in [0.2, 0.25) is 0 Å². The minimum absolute atomic E-state index is 0.0716. The Morgan fingerprint density at radius 2 is 1.66 bits per heavy atom. The summed E-state index contributed by atoms with van der Waals surface area (Å²) in [7, 11) is 0. The predicted octanol–water partition coefficient (Wildman–Crippen LogP) is 4.90. The fraction of sp³-hybridized carbons (Fsp3) is 0.750. The molecule has 5 nitrogen and oxygen atoms in total. The lowest BCUT2D eigenvalue weighted by atomic mass is 9.83. The van der Waals surface area contributed by atoms with Gasteiger partial charge in [-0.05, 0) is 24.8 Å². The molecule has 1 aromatic heterocycles. The van der Waals surface area contributed by atoms with E-state index in [1.165, 1.54) is 57.8 Å². The van der Waals surface area contributed by atoms with E-state index < -0.39 is 0 Å². The molecule has 2 aliphatic rings. The lowest BCUT2D eigenvalue weighted by Gasteiger charge is -2.42. The number of hydrogen-bond acceptors (Lipinski definition) is 2. The highest BCUT2D eigenvalue weighted by molar-refractivity contribution is 5.74. The quantitative estimate of drug-likeness (QED) is 0.536. The third-order valence-corrected chi connectivity index (χ3v) is 6.57. The number of aromatic nitrogens is 1. The van der Waals surface area contributed by atoms with E-state index >= 15 is 0 Å². The molecule has 162 valence electrons. The van der Waals surface area contributed by atoms with E-state index in [-0.39, 0.29) is 11.6 Å². The number of fused-ring (bicyclic) bond motifs is 4. The molecule has 2 atom stereocenters.